The van der Waals surface area contributed by atoms with E-state index in [1.807, 2.05) is 20.8 Å². The number of hydrogen-bond acceptors (Lipinski definition) is 2. The second-order valence-corrected chi connectivity index (χ2v) is 4.47. The highest BCUT2D eigenvalue weighted by Crippen LogP contribution is 2.11. The molecule has 3 heteroatoms. The van der Waals surface area contributed by atoms with Crippen LogP contribution in [0.3, 0.4) is 0 Å². The first kappa shape index (κ1) is 13.4. The number of carbonyl (C=O) groups excluding carboxylic acids is 1. The summed E-state index contributed by atoms with van der Waals surface area (Å²) in [6.45, 7) is 10.1. The van der Waals surface area contributed by atoms with Crippen LogP contribution in [0.2, 0.25) is 0 Å². The Morgan fingerprint density at radius 2 is 1.93 bits per heavy atom. The summed E-state index contributed by atoms with van der Waals surface area (Å²) in [5.74, 6) is 0.105. The van der Waals surface area contributed by atoms with Crippen molar-refractivity contribution in [3.8, 4) is 0 Å². The lowest BCUT2D eigenvalue weighted by Gasteiger charge is -2.17. The van der Waals surface area contributed by atoms with Crippen LogP contribution >= 0.6 is 0 Å². The molecule has 1 N–H and O–H groups in total. The molecule has 0 aliphatic heterocycles. The van der Waals surface area contributed by atoms with Crippen LogP contribution in [0, 0.1) is 5.41 Å². The minimum atomic E-state index is -0.287. The van der Waals surface area contributed by atoms with E-state index in [2.05, 4.69) is 12.2 Å². The Bertz CT molecular complexity index is 161. The lowest BCUT2D eigenvalue weighted by Crippen LogP contribution is -2.35. The number of rotatable bonds is 6. The molecule has 0 bridgehead atoms. The van der Waals surface area contributed by atoms with E-state index in [4.69, 9.17) is 4.74 Å². The molecular weight excluding hydrogens is 178 g/mol. The zero-order valence-electron chi connectivity index (χ0n) is 9.85. The average molecular weight is 201 g/mol. The maximum Gasteiger partial charge on any atom is 0.225 e. The number of hydrogen-bond donors (Lipinski definition) is 1. The van der Waals surface area contributed by atoms with E-state index < -0.39 is 0 Å². The van der Waals surface area contributed by atoms with Crippen LogP contribution in [0.4, 0.5) is 0 Å². The Morgan fingerprint density at radius 1 is 1.29 bits per heavy atom. The largest absolute Gasteiger partial charge is 0.381 e. The molecule has 0 heterocycles. The number of carbonyl (C=O) groups is 1. The third-order valence-electron chi connectivity index (χ3n) is 1.78. The molecule has 0 aliphatic carbocycles. The minimum absolute atomic E-state index is 0.105. The van der Waals surface area contributed by atoms with Crippen LogP contribution in [-0.4, -0.2) is 25.7 Å². The van der Waals surface area contributed by atoms with E-state index in [1.54, 1.807) is 0 Å². The molecule has 0 fully saturated rings. The van der Waals surface area contributed by atoms with E-state index in [0.717, 1.165) is 26.1 Å². The molecule has 14 heavy (non-hydrogen) atoms. The first-order valence-electron chi connectivity index (χ1n) is 5.34. The van der Waals surface area contributed by atoms with Gasteiger partial charge in [0.2, 0.25) is 5.91 Å². The predicted molar refractivity (Wildman–Crippen MR) is 58.2 cm³/mol. The molecule has 3 nitrogen and oxygen atoms in total. The number of nitrogens with one attached hydrogen (secondary N) is 1. The van der Waals surface area contributed by atoms with Crippen molar-refractivity contribution in [2.45, 2.75) is 40.5 Å². The van der Waals surface area contributed by atoms with Crippen LogP contribution in [0.15, 0.2) is 0 Å². The summed E-state index contributed by atoms with van der Waals surface area (Å²) in [5.41, 5.74) is -0.287. The molecule has 0 unspecified atom stereocenters. The van der Waals surface area contributed by atoms with E-state index in [1.165, 1.54) is 0 Å². The van der Waals surface area contributed by atoms with Crippen LogP contribution < -0.4 is 5.32 Å². The summed E-state index contributed by atoms with van der Waals surface area (Å²) >= 11 is 0. The molecule has 0 saturated carbocycles. The summed E-state index contributed by atoms with van der Waals surface area (Å²) < 4.78 is 5.30. The van der Waals surface area contributed by atoms with Crippen LogP contribution in [0.1, 0.15) is 40.5 Å². The topological polar surface area (TPSA) is 38.3 Å². The van der Waals surface area contributed by atoms with Crippen molar-refractivity contribution in [3.05, 3.63) is 0 Å². The van der Waals surface area contributed by atoms with Gasteiger partial charge in [-0.15, -0.1) is 0 Å². The van der Waals surface area contributed by atoms with Crippen molar-refractivity contribution < 1.29 is 9.53 Å². The van der Waals surface area contributed by atoms with Crippen molar-refractivity contribution in [3.63, 3.8) is 0 Å². The fraction of sp³-hybridized carbons (Fsp3) is 0.909. The summed E-state index contributed by atoms with van der Waals surface area (Å²) in [5, 5.41) is 2.88. The predicted octanol–water partition coefficient (Wildman–Crippen LogP) is 1.97. The standard InChI is InChI=1S/C11H23NO2/c1-5-8-14-9-6-7-12-10(13)11(2,3)4/h5-9H2,1-4H3,(H,12,13). The number of ether oxygens (including phenoxy) is 1. The van der Waals surface area contributed by atoms with Crippen molar-refractivity contribution in [2.75, 3.05) is 19.8 Å². The van der Waals surface area contributed by atoms with Crippen molar-refractivity contribution >= 4 is 5.91 Å². The normalized spacial score (nSPS) is 11.4. The van der Waals surface area contributed by atoms with Crippen molar-refractivity contribution in [1.29, 1.82) is 0 Å². The lowest BCUT2D eigenvalue weighted by atomic mass is 9.96. The summed E-state index contributed by atoms with van der Waals surface area (Å²) in [4.78, 5) is 11.4. The van der Waals surface area contributed by atoms with E-state index in [0.29, 0.717) is 6.54 Å². The van der Waals surface area contributed by atoms with Crippen LogP contribution in [0.25, 0.3) is 0 Å². The molecular formula is C11H23NO2. The van der Waals surface area contributed by atoms with Gasteiger partial charge in [-0.05, 0) is 12.8 Å². The minimum Gasteiger partial charge on any atom is -0.381 e. The lowest BCUT2D eigenvalue weighted by molar-refractivity contribution is -0.128. The van der Waals surface area contributed by atoms with Gasteiger partial charge in [0.15, 0.2) is 0 Å². The molecule has 0 saturated heterocycles. The van der Waals surface area contributed by atoms with Gasteiger partial charge in [-0.25, -0.2) is 0 Å². The summed E-state index contributed by atoms with van der Waals surface area (Å²) in [7, 11) is 0. The molecule has 84 valence electrons. The molecule has 0 radical (unpaired) electrons. The Kier molecular flexibility index (Phi) is 6.54. The maximum absolute atomic E-state index is 11.4. The quantitative estimate of drug-likeness (QED) is 0.667. The fourth-order valence-electron chi connectivity index (χ4n) is 0.888. The maximum atomic E-state index is 11.4. The zero-order valence-corrected chi connectivity index (χ0v) is 9.85. The van der Waals surface area contributed by atoms with Gasteiger partial charge in [0.05, 0.1) is 0 Å². The van der Waals surface area contributed by atoms with Gasteiger partial charge in [0, 0.05) is 25.2 Å². The monoisotopic (exact) mass is 201 g/mol. The molecule has 0 aromatic heterocycles. The van der Waals surface area contributed by atoms with E-state index in [-0.39, 0.29) is 11.3 Å². The summed E-state index contributed by atoms with van der Waals surface area (Å²) in [6, 6.07) is 0. The summed E-state index contributed by atoms with van der Waals surface area (Å²) in [6.07, 6.45) is 1.94. The molecule has 0 spiro atoms. The zero-order chi connectivity index (χ0) is 11.0. The van der Waals surface area contributed by atoms with Crippen LogP contribution in [0.5, 0.6) is 0 Å². The molecule has 1 amide bonds. The van der Waals surface area contributed by atoms with Gasteiger partial charge in [0.25, 0.3) is 0 Å². The second kappa shape index (κ2) is 6.82. The van der Waals surface area contributed by atoms with E-state index in [9.17, 15) is 4.79 Å². The van der Waals surface area contributed by atoms with Crippen LogP contribution in [-0.2, 0) is 9.53 Å². The highest BCUT2D eigenvalue weighted by atomic mass is 16.5. The molecule has 0 atom stereocenters. The van der Waals surface area contributed by atoms with Gasteiger partial charge in [-0.1, -0.05) is 27.7 Å². The first-order valence-corrected chi connectivity index (χ1v) is 5.34. The average Bonchev–Trinajstić information content (AvgIpc) is 2.09. The van der Waals surface area contributed by atoms with Gasteiger partial charge in [-0.2, -0.15) is 0 Å². The van der Waals surface area contributed by atoms with E-state index >= 15 is 0 Å². The van der Waals surface area contributed by atoms with Gasteiger partial charge in [-0.3, -0.25) is 4.79 Å². The Balaban J connectivity index is 3.33. The first-order chi connectivity index (χ1) is 6.48. The Labute approximate surface area is 87.2 Å². The van der Waals surface area contributed by atoms with Crippen molar-refractivity contribution in [1.82, 2.24) is 5.32 Å². The molecule has 0 rings (SSSR count). The Morgan fingerprint density at radius 3 is 2.43 bits per heavy atom. The van der Waals surface area contributed by atoms with Gasteiger partial charge in [0.1, 0.15) is 0 Å². The highest BCUT2D eigenvalue weighted by molar-refractivity contribution is 5.81. The smallest absolute Gasteiger partial charge is 0.225 e. The SMILES string of the molecule is CCCOCCCNC(=O)C(C)(C)C. The third-order valence-corrected chi connectivity index (χ3v) is 1.78. The van der Waals surface area contributed by atoms with Crippen molar-refractivity contribution in [2.24, 2.45) is 5.41 Å². The van der Waals surface area contributed by atoms with Gasteiger partial charge < -0.3 is 10.1 Å². The molecule has 0 aromatic carbocycles. The highest BCUT2D eigenvalue weighted by Gasteiger charge is 2.19. The Hall–Kier alpha value is -0.570. The fourth-order valence-corrected chi connectivity index (χ4v) is 0.888. The molecule has 0 aliphatic rings. The number of amides is 1. The molecule has 0 aromatic rings. The second-order valence-electron chi connectivity index (χ2n) is 4.47. The third kappa shape index (κ3) is 6.89. The van der Waals surface area contributed by atoms with Gasteiger partial charge >= 0.3 is 0 Å².